The summed E-state index contributed by atoms with van der Waals surface area (Å²) in [7, 11) is -10.9. The van der Waals surface area contributed by atoms with E-state index in [4.69, 9.17) is 19.6 Å². The maximum atomic E-state index is 9.29. The van der Waals surface area contributed by atoms with E-state index in [0.29, 0.717) is 0 Å². The third kappa shape index (κ3) is 69.3. The first-order valence-electron chi connectivity index (χ1n) is 2.06. The molecule has 0 aliphatic heterocycles. The maximum absolute atomic E-state index is 9.29. The van der Waals surface area contributed by atoms with Gasteiger partial charge in [0.05, 0.1) is 0 Å². The molecule has 13 nitrogen and oxygen atoms in total. The Kier molecular flexibility index (Phi) is 11.4. The molecule has 0 saturated carbocycles. The second-order valence-electron chi connectivity index (χ2n) is 1.03. The van der Waals surface area contributed by atoms with E-state index >= 15 is 0 Å². The van der Waals surface area contributed by atoms with Crippen molar-refractivity contribution in [3.63, 3.8) is 0 Å². The standard InChI is InChI=1S/2NO2.H2O7S2/c2*2-1-3;1-8(2,3)7-9(4,5)6/h;;(H,1,2,3)(H,4,5,6)/q2*+1;/p-2. The van der Waals surface area contributed by atoms with E-state index < -0.39 is 20.8 Å². The van der Waals surface area contributed by atoms with Gasteiger partial charge < -0.3 is 9.11 Å². The van der Waals surface area contributed by atoms with Crippen LogP contribution in [0.3, 0.4) is 0 Å². The largest absolute Gasteiger partial charge is 0.725 e. The van der Waals surface area contributed by atoms with E-state index in [-0.39, 0.29) is 0 Å². The van der Waals surface area contributed by atoms with Gasteiger partial charge >= 0.3 is 10.1 Å². The molecule has 0 heterocycles. The van der Waals surface area contributed by atoms with E-state index in [2.05, 4.69) is 3.63 Å². The molecule has 0 radical (unpaired) electrons. The van der Waals surface area contributed by atoms with E-state index in [1.54, 1.807) is 0 Å². The lowest BCUT2D eigenvalue weighted by molar-refractivity contribution is 0.329. The normalized spacial score (nSPS) is 9.20. The van der Waals surface area contributed by atoms with Gasteiger partial charge in [0.1, 0.15) is 0 Å². The molecular formula is N2O11S2. The Morgan fingerprint density at radius 2 is 0.867 bits per heavy atom. The summed E-state index contributed by atoms with van der Waals surface area (Å²) >= 11 is 0. The fourth-order valence-electron chi connectivity index (χ4n) is 0.102. The van der Waals surface area contributed by atoms with Crippen molar-refractivity contribution in [2.24, 2.45) is 0 Å². The number of nitroso groups, excluding NO2 is 4. The van der Waals surface area contributed by atoms with Crippen molar-refractivity contribution in [1.82, 2.24) is 10.1 Å². The number of hydrogen-bond donors (Lipinski definition) is 0. The third-order valence-corrected chi connectivity index (χ3v) is 1.50. The summed E-state index contributed by atoms with van der Waals surface area (Å²) in [5.41, 5.74) is 0. The lowest BCUT2D eigenvalue weighted by Gasteiger charge is -2.08. The highest BCUT2D eigenvalue weighted by Gasteiger charge is 1.99. The molecule has 0 aromatic rings. The van der Waals surface area contributed by atoms with Crippen molar-refractivity contribution in [3.05, 3.63) is 19.6 Å². The van der Waals surface area contributed by atoms with Crippen LogP contribution in [0.4, 0.5) is 0 Å². The summed E-state index contributed by atoms with van der Waals surface area (Å²) in [6, 6.07) is 0. The highest BCUT2D eigenvalue weighted by molar-refractivity contribution is 7.94. The summed E-state index contributed by atoms with van der Waals surface area (Å²) in [6.07, 6.45) is 0. The van der Waals surface area contributed by atoms with Gasteiger partial charge in [-0.1, -0.05) is 0 Å². The van der Waals surface area contributed by atoms with E-state index in [9.17, 15) is 25.9 Å². The average molecular weight is 268 g/mol. The van der Waals surface area contributed by atoms with Crippen LogP contribution in [0.1, 0.15) is 0 Å². The molecule has 0 aliphatic rings. The van der Waals surface area contributed by atoms with Crippen molar-refractivity contribution in [2.45, 2.75) is 0 Å². The van der Waals surface area contributed by atoms with Crippen LogP contribution >= 0.6 is 0 Å². The summed E-state index contributed by atoms with van der Waals surface area (Å²) in [5, 5.41) is 2.00. The summed E-state index contributed by atoms with van der Waals surface area (Å²) in [5.74, 6) is 0. The lowest BCUT2D eigenvalue weighted by Crippen LogP contribution is -2.11. The van der Waals surface area contributed by atoms with Crippen LogP contribution in [0.2, 0.25) is 0 Å². The molecule has 0 N–H and O–H groups in total. The van der Waals surface area contributed by atoms with Crippen LogP contribution in [0, 0.1) is 19.6 Å². The molecule has 15 heteroatoms. The zero-order valence-electron chi connectivity index (χ0n) is 6.20. The summed E-state index contributed by atoms with van der Waals surface area (Å²) < 4.78 is 58.2. The van der Waals surface area contributed by atoms with Crippen LogP contribution in [0.25, 0.3) is 0 Å². The Morgan fingerprint density at radius 1 is 0.733 bits per heavy atom. The predicted octanol–water partition coefficient (Wildman–Crippen LogP) is -2.90. The second kappa shape index (κ2) is 8.97. The van der Waals surface area contributed by atoms with Crippen molar-refractivity contribution < 1.29 is 29.6 Å². The average Bonchev–Trinajstić information content (AvgIpc) is 1.80. The highest BCUT2D eigenvalue weighted by atomic mass is 32.3. The monoisotopic (exact) mass is 268 g/mol. The maximum Gasteiger partial charge on any atom is 0.569 e. The molecule has 0 amide bonds. The molecule has 0 unspecified atom stereocenters. The third-order valence-electron chi connectivity index (χ3n) is 0.167. The molecular weight excluding hydrogens is 268 g/mol. The van der Waals surface area contributed by atoms with Crippen LogP contribution in [0.5, 0.6) is 0 Å². The SMILES string of the molecule is O=S(=O)([O-])OS(=O)(=O)[O-].O=[N+]=O.O=[N+]=O. The van der Waals surface area contributed by atoms with E-state index in [1.807, 2.05) is 0 Å². The van der Waals surface area contributed by atoms with E-state index in [0.717, 1.165) is 10.1 Å². The van der Waals surface area contributed by atoms with Gasteiger partial charge in [0.2, 0.25) is 40.4 Å². The number of hydrogen-bond acceptors (Lipinski definition) is 11. The highest BCUT2D eigenvalue weighted by Crippen LogP contribution is 1.91. The van der Waals surface area contributed by atoms with Gasteiger partial charge in [-0.15, -0.1) is 0 Å². The van der Waals surface area contributed by atoms with Crippen molar-refractivity contribution >= 4 is 20.8 Å². The van der Waals surface area contributed by atoms with Gasteiger partial charge in [-0.3, -0.25) is 0 Å². The molecule has 0 rings (SSSR count). The van der Waals surface area contributed by atoms with Crippen molar-refractivity contribution in [3.8, 4) is 0 Å². The van der Waals surface area contributed by atoms with Gasteiger partial charge in [0, 0.05) is 0 Å². The molecule has 0 saturated heterocycles. The molecule has 0 aliphatic carbocycles. The van der Waals surface area contributed by atoms with E-state index in [1.165, 1.54) is 0 Å². The first kappa shape index (κ1) is 19.0. The minimum atomic E-state index is -5.43. The first-order chi connectivity index (χ1) is 6.54. The molecule has 0 bridgehead atoms. The zero-order chi connectivity index (χ0) is 13.1. The van der Waals surface area contributed by atoms with Crippen molar-refractivity contribution in [1.29, 1.82) is 0 Å². The minimum absolute atomic E-state index is 1.00. The van der Waals surface area contributed by atoms with Gasteiger partial charge in [0.25, 0.3) is 0 Å². The Hall–Kier alpha value is -1.60. The van der Waals surface area contributed by atoms with Gasteiger partial charge in [-0.2, -0.15) is 3.63 Å². The van der Waals surface area contributed by atoms with Crippen LogP contribution in [-0.2, 0) is 24.4 Å². The fourth-order valence-corrected chi connectivity index (χ4v) is 0.919. The molecule has 0 aromatic carbocycles. The molecule has 0 atom stereocenters. The predicted molar refractivity (Wildman–Crippen MR) is 38.2 cm³/mol. The second-order valence-corrected chi connectivity index (χ2v) is 3.21. The Bertz CT molecular complexity index is 369. The Balaban J connectivity index is -0.000000200. The zero-order valence-corrected chi connectivity index (χ0v) is 7.83. The molecule has 88 valence electrons. The Labute approximate surface area is 80.9 Å². The molecule has 15 heavy (non-hydrogen) atoms. The minimum Gasteiger partial charge on any atom is -0.725 e. The van der Waals surface area contributed by atoms with Crippen molar-refractivity contribution in [2.75, 3.05) is 0 Å². The van der Waals surface area contributed by atoms with Gasteiger partial charge in [-0.05, 0) is 0 Å². The van der Waals surface area contributed by atoms with Crippen LogP contribution in [-0.4, -0.2) is 25.9 Å². The van der Waals surface area contributed by atoms with Crippen LogP contribution in [0.15, 0.2) is 0 Å². The molecule has 0 fully saturated rings. The quantitative estimate of drug-likeness (QED) is 0.280. The fraction of sp³-hybridized carbons (Fsp3) is 0. The number of nitrogens with zero attached hydrogens (tertiary/aromatic N) is 2. The van der Waals surface area contributed by atoms with Gasteiger partial charge in [-0.25, -0.2) is 16.8 Å². The molecule has 0 spiro atoms. The smallest absolute Gasteiger partial charge is 0.569 e. The summed E-state index contributed by atoms with van der Waals surface area (Å²) in [4.78, 5) is 32.0. The number of rotatable bonds is 2. The lowest BCUT2D eigenvalue weighted by atomic mass is 13.6. The first-order valence-corrected chi connectivity index (χ1v) is 4.73. The van der Waals surface area contributed by atoms with Gasteiger partial charge in [0.15, 0.2) is 0 Å². The van der Waals surface area contributed by atoms with Crippen LogP contribution < -0.4 is 10.1 Å². The topological polar surface area (TPSA) is 220 Å². The molecule has 0 aromatic heterocycles. The summed E-state index contributed by atoms with van der Waals surface area (Å²) in [6.45, 7) is 0. The Morgan fingerprint density at radius 3 is 0.867 bits per heavy atom.